The summed E-state index contributed by atoms with van der Waals surface area (Å²) in [5.74, 6) is -0.0552. The van der Waals surface area contributed by atoms with Gasteiger partial charge in [0, 0.05) is 17.1 Å². The monoisotopic (exact) mass is 249 g/mol. The predicted molar refractivity (Wildman–Crippen MR) is 65.7 cm³/mol. The lowest BCUT2D eigenvalue weighted by atomic mass is 10.1. The van der Waals surface area contributed by atoms with E-state index in [4.69, 9.17) is 10.5 Å². The van der Waals surface area contributed by atoms with Crippen LogP contribution >= 0.6 is 11.5 Å². The van der Waals surface area contributed by atoms with Gasteiger partial charge in [0.2, 0.25) is 0 Å². The Hall–Kier alpha value is -1.95. The van der Waals surface area contributed by atoms with Crippen molar-refractivity contribution in [1.82, 2.24) is 9.36 Å². The minimum Gasteiger partial charge on any atom is -0.462 e. The smallest absolute Gasteiger partial charge is 0.339 e. The van der Waals surface area contributed by atoms with Gasteiger partial charge >= 0.3 is 5.97 Å². The number of pyridine rings is 1. The topological polar surface area (TPSA) is 78.1 Å². The zero-order valence-electron chi connectivity index (χ0n) is 9.21. The van der Waals surface area contributed by atoms with Crippen molar-refractivity contribution in [3.8, 4) is 11.3 Å². The minimum atomic E-state index is -0.406. The number of nitrogens with two attached hydrogens (primary N) is 1. The molecule has 0 bridgehead atoms. The van der Waals surface area contributed by atoms with Crippen molar-refractivity contribution in [2.75, 3.05) is 12.3 Å². The highest BCUT2D eigenvalue weighted by molar-refractivity contribution is 7.03. The molecule has 6 heteroatoms. The molecule has 0 atom stereocenters. The van der Waals surface area contributed by atoms with Crippen LogP contribution in [0.1, 0.15) is 17.3 Å². The summed E-state index contributed by atoms with van der Waals surface area (Å²) in [6, 6.07) is 3.47. The molecule has 0 aliphatic rings. The van der Waals surface area contributed by atoms with Crippen LogP contribution in [0.4, 0.5) is 5.82 Å². The van der Waals surface area contributed by atoms with Gasteiger partial charge in [0.1, 0.15) is 5.82 Å². The van der Waals surface area contributed by atoms with Gasteiger partial charge in [-0.15, -0.1) is 0 Å². The molecule has 0 amide bonds. The molecule has 88 valence electrons. The average Bonchev–Trinajstić information content (AvgIpc) is 2.83. The van der Waals surface area contributed by atoms with E-state index in [1.54, 1.807) is 13.0 Å². The molecule has 17 heavy (non-hydrogen) atoms. The maximum atomic E-state index is 11.6. The molecule has 0 radical (unpaired) electrons. The highest BCUT2D eigenvalue weighted by Gasteiger charge is 2.12. The van der Waals surface area contributed by atoms with Crippen molar-refractivity contribution < 1.29 is 9.53 Å². The molecule has 0 aromatic carbocycles. The lowest BCUT2D eigenvalue weighted by Crippen LogP contribution is -2.06. The number of hydrogen-bond acceptors (Lipinski definition) is 6. The highest BCUT2D eigenvalue weighted by atomic mass is 32.1. The number of hydrogen-bond donors (Lipinski definition) is 1. The number of nitrogen functional groups attached to an aromatic ring is 1. The zero-order valence-corrected chi connectivity index (χ0v) is 10.0. The first-order chi connectivity index (χ1) is 8.22. The second-order valence-corrected chi connectivity index (χ2v) is 3.93. The van der Waals surface area contributed by atoms with Crippen LogP contribution in [0.2, 0.25) is 0 Å². The molecule has 2 heterocycles. The summed E-state index contributed by atoms with van der Waals surface area (Å²) in [5, 5.41) is 1.84. The number of rotatable bonds is 3. The maximum Gasteiger partial charge on any atom is 0.339 e. The summed E-state index contributed by atoms with van der Waals surface area (Å²) in [6.07, 6.45) is 1.41. The summed E-state index contributed by atoms with van der Waals surface area (Å²) in [5.41, 5.74) is 7.50. The number of carbonyl (C=O) groups excluding carboxylic acids is 1. The van der Waals surface area contributed by atoms with Crippen molar-refractivity contribution in [3.05, 3.63) is 29.3 Å². The number of nitrogens with zero attached hydrogens (tertiary/aromatic N) is 2. The maximum absolute atomic E-state index is 11.6. The molecule has 2 rings (SSSR count). The Morgan fingerprint density at radius 1 is 1.59 bits per heavy atom. The third kappa shape index (κ3) is 2.42. The van der Waals surface area contributed by atoms with Crippen LogP contribution in [0.5, 0.6) is 0 Å². The molecule has 0 saturated carbocycles. The number of carbonyl (C=O) groups is 1. The van der Waals surface area contributed by atoms with Gasteiger partial charge in [-0.25, -0.2) is 9.78 Å². The second-order valence-electron chi connectivity index (χ2n) is 3.26. The van der Waals surface area contributed by atoms with E-state index in [9.17, 15) is 4.79 Å². The van der Waals surface area contributed by atoms with Crippen LogP contribution in [-0.2, 0) is 4.74 Å². The van der Waals surface area contributed by atoms with Crippen LogP contribution in [0.3, 0.4) is 0 Å². The summed E-state index contributed by atoms with van der Waals surface area (Å²) in [4.78, 5) is 15.5. The van der Waals surface area contributed by atoms with E-state index >= 15 is 0 Å². The largest absolute Gasteiger partial charge is 0.462 e. The molecular weight excluding hydrogens is 238 g/mol. The fourth-order valence-corrected chi connectivity index (χ4v) is 1.88. The van der Waals surface area contributed by atoms with Gasteiger partial charge in [-0.3, -0.25) is 0 Å². The Kier molecular flexibility index (Phi) is 3.34. The second kappa shape index (κ2) is 4.92. The van der Waals surface area contributed by atoms with Crippen LogP contribution in [0, 0.1) is 0 Å². The van der Waals surface area contributed by atoms with Crippen molar-refractivity contribution >= 4 is 23.3 Å². The van der Waals surface area contributed by atoms with Crippen molar-refractivity contribution in [2.24, 2.45) is 0 Å². The summed E-state index contributed by atoms with van der Waals surface area (Å²) >= 11 is 1.32. The van der Waals surface area contributed by atoms with E-state index in [-0.39, 0.29) is 0 Å². The number of ether oxygens (including phenoxy) is 1. The molecular formula is C11H11N3O2S. The summed E-state index contributed by atoms with van der Waals surface area (Å²) < 4.78 is 9.07. The van der Waals surface area contributed by atoms with Gasteiger partial charge in [0.25, 0.3) is 0 Å². The summed E-state index contributed by atoms with van der Waals surface area (Å²) in [6.45, 7) is 2.08. The molecule has 0 aliphatic heterocycles. The van der Waals surface area contributed by atoms with Gasteiger partial charge in [0.15, 0.2) is 0 Å². The van der Waals surface area contributed by atoms with Gasteiger partial charge in [0.05, 0.1) is 17.9 Å². The lowest BCUT2D eigenvalue weighted by Gasteiger charge is -2.05. The standard InChI is InChI=1S/C11H11N3O2S/c1-2-16-11(15)7-5-8(10(12)13-6-7)9-3-4-17-14-9/h3-6H,2H2,1H3,(H2,12,13). The first-order valence-corrected chi connectivity index (χ1v) is 5.89. The van der Waals surface area contributed by atoms with Crippen LogP contribution < -0.4 is 5.73 Å². The predicted octanol–water partition coefficient (Wildman–Crippen LogP) is 1.96. The average molecular weight is 249 g/mol. The van der Waals surface area contributed by atoms with Gasteiger partial charge in [-0.05, 0) is 30.6 Å². The quantitative estimate of drug-likeness (QED) is 0.841. The van der Waals surface area contributed by atoms with Gasteiger partial charge in [-0.2, -0.15) is 4.37 Å². The van der Waals surface area contributed by atoms with Gasteiger partial charge in [-0.1, -0.05) is 0 Å². The Morgan fingerprint density at radius 3 is 3.06 bits per heavy atom. The molecule has 0 unspecified atom stereocenters. The molecule has 0 saturated heterocycles. The Balaban J connectivity index is 2.40. The molecule has 0 aliphatic carbocycles. The third-order valence-corrected chi connectivity index (χ3v) is 2.70. The minimum absolute atomic E-state index is 0.329. The Labute approximate surface area is 102 Å². The fraction of sp³-hybridized carbons (Fsp3) is 0.182. The van der Waals surface area contributed by atoms with E-state index in [1.165, 1.54) is 17.7 Å². The molecule has 2 N–H and O–H groups in total. The van der Waals surface area contributed by atoms with Crippen molar-refractivity contribution in [2.45, 2.75) is 6.92 Å². The lowest BCUT2D eigenvalue weighted by molar-refractivity contribution is 0.0526. The zero-order chi connectivity index (χ0) is 12.3. The van der Waals surface area contributed by atoms with Gasteiger partial charge < -0.3 is 10.5 Å². The summed E-state index contributed by atoms with van der Waals surface area (Å²) in [7, 11) is 0. The van der Waals surface area contributed by atoms with E-state index in [0.29, 0.717) is 29.2 Å². The van der Waals surface area contributed by atoms with E-state index in [2.05, 4.69) is 9.36 Å². The van der Waals surface area contributed by atoms with Crippen molar-refractivity contribution in [1.29, 1.82) is 0 Å². The first-order valence-electron chi connectivity index (χ1n) is 5.05. The highest BCUT2D eigenvalue weighted by Crippen LogP contribution is 2.24. The number of aromatic nitrogens is 2. The third-order valence-electron chi connectivity index (χ3n) is 2.14. The molecule has 0 fully saturated rings. The van der Waals surface area contributed by atoms with Crippen molar-refractivity contribution in [3.63, 3.8) is 0 Å². The molecule has 2 aromatic rings. The van der Waals surface area contributed by atoms with E-state index in [0.717, 1.165) is 0 Å². The normalized spacial score (nSPS) is 10.2. The van der Waals surface area contributed by atoms with Crippen LogP contribution in [0.25, 0.3) is 11.3 Å². The van der Waals surface area contributed by atoms with Crippen LogP contribution in [0.15, 0.2) is 23.7 Å². The Morgan fingerprint density at radius 2 is 2.41 bits per heavy atom. The van der Waals surface area contributed by atoms with E-state index in [1.807, 2.05) is 11.4 Å². The number of esters is 1. The molecule has 2 aromatic heterocycles. The van der Waals surface area contributed by atoms with E-state index < -0.39 is 5.97 Å². The molecule has 5 nitrogen and oxygen atoms in total. The SMILES string of the molecule is CCOC(=O)c1cnc(N)c(-c2ccsn2)c1. The number of anilines is 1. The molecule has 0 spiro atoms. The Bertz CT molecular complexity index is 526. The first kappa shape index (κ1) is 11.5. The fourth-order valence-electron chi connectivity index (χ4n) is 1.36. The van der Waals surface area contributed by atoms with Crippen LogP contribution in [-0.4, -0.2) is 21.9 Å².